The average molecular weight is 198 g/mol. The second kappa shape index (κ2) is 2.57. The lowest BCUT2D eigenvalue weighted by molar-refractivity contribution is -0.219. The minimum atomic E-state index is -0.905. The summed E-state index contributed by atoms with van der Waals surface area (Å²) < 4.78 is 10.4. The summed E-state index contributed by atoms with van der Waals surface area (Å²) in [5.41, 5.74) is -1.79. The summed E-state index contributed by atoms with van der Waals surface area (Å²) in [5.74, 6) is -1.03. The SMILES string of the molecule is CC(C)[C@@]12CC[C@](C)(O1)C(=O)OC2=O. The predicted molar refractivity (Wildman–Crippen MR) is 47.4 cm³/mol. The van der Waals surface area contributed by atoms with E-state index in [1.54, 1.807) is 6.92 Å². The number of carbonyl (C=O) groups excluding carboxylic acids is 2. The van der Waals surface area contributed by atoms with Crippen molar-refractivity contribution in [1.82, 2.24) is 0 Å². The normalized spacial score (nSPS) is 41.7. The third-order valence-electron chi connectivity index (χ3n) is 3.28. The van der Waals surface area contributed by atoms with E-state index in [4.69, 9.17) is 9.47 Å². The lowest BCUT2D eigenvalue weighted by atomic mass is 9.87. The molecule has 14 heavy (non-hydrogen) atoms. The first-order chi connectivity index (χ1) is 6.41. The lowest BCUT2D eigenvalue weighted by Gasteiger charge is -2.37. The molecule has 0 saturated carbocycles. The molecule has 0 unspecified atom stereocenters. The number of hydrogen-bond acceptors (Lipinski definition) is 4. The molecule has 0 amide bonds. The molecule has 2 atom stereocenters. The largest absolute Gasteiger partial charge is 0.389 e. The van der Waals surface area contributed by atoms with E-state index in [-0.39, 0.29) is 5.92 Å². The minimum absolute atomic E-state index is 0.0323. The van der Waals surface area contributed by atoms with Gasteiger partial charge in [-0.2, -0.15) is 0 Å². The Morgan fingerprint density at radius 2 is 1.86 bits per heavy atom. The van der Waals surface area contributed by atoms with Crippen LogP contribution in [0.3, 0.4) is 0 Å². The Kier molecular flexibility index (Phi) is 1.77. The van der Waals surface area contributed by atoms with Gasteiger partial charge in [0.05, 0.1) is 0 Å². The molecule has 4 nitrogen and oxygen atoms in total. The van der Waals surface area contributed by atoms with Gasteiger partial charge < -0.3 is 9.47 Å². The highest BCUT2D eigenvalue weighted by molar-refractivity contribution is 5.98. The van der Waals surface area contributed by atoms with E-state index in [9.17, 15) is 9.59 Å². The molecule has 2 bridgehead atoms. The maximum atomic E-state index is 11.6. The summed E-state index contributed by atoms with van der Waals surface area (Å²) in [6.07, 6.45) is 1.14. The topological polar surface area (TPSA) is 52.6 Å². The van der Waals surface area contributed by atoms with E-state index >= 15 is 0 Å². The van der Waals surface area contributed by atoms with Gasteiger partial charge in [-0.05, 0) is 25.7 Å². The van der Waals surface area contributed by atoms with Crippen LogP contribution in [0.1, 0.15) is 33.6 Å². The molecule has 2 heterocycles. The maximum Gasteiger partial charge on any atom is 0.346 e. The van der Waals surface area contributed by atoms with Gasteiger partial charge in [0.2, 0.25) is 0 Å². The lowest BCUT2D eigenvalue weighted by Crippen LogP contribution is -2.55. The quantitative estimate of drug-likeness (QED) is 0.466. The summed E-state index contributed by atoms with van der Waals surface area (Å²) >= 11 is 0. The van der Waals surface area contributed by atoms with Crippen molar-refractivity contribution < 1.29 is 19.1 Å². The van der Waals surface area contributed by atoms with Crippen molar-refractivity contribution in [2.45, 2.75) is 44.8 Å². The van der Waals surface area contributed by atoms with Gasteiger partial charge in [-0.25, -0.2) is 9.59 Å². The van der Waals surface area contributed by atoms with Gasteiger partial charge in [0.1, 0.15) is 0 Å². The van der Waals surface area contributed by atoms with E-state index in [0.717, 1.165) is 0 Å². The van der Waals surface area contributed by atoms with Gasteiger partial charge in [0.15, 0.2) is 11.2 Å². The van der Waals surface area contributed by atoms with Crippen molar-refractivity contribution in [2.75, 3.05) is 0 Å². The van der Waals surface area contributed by atoms with Crippen LogP contribution in [0.5, 0.6) is 0 Å². The highest BCUT2D eigenvalue weighted by atomic mass is 16.7. The third kappa shape index (κ3) is 0.974. The molecule has 4 heteroatoms. The number of fused-ring (bicyclic) bond motifs is 2. The summed E-state index contributed by atoms with van der Waals surface area (Å²) in [4.78, 5) is 23.0. The van der Waals surface area contributed by atoms with Crippen LogP contribution in [0.15, 0.2) is 0 Å². The predicted octanol–water partition coefficient (Wildman–Crippen LogP) is 1.03. The van der Waals surface area contributed by atoms with Crippen molar-refractivity contribution >= 4 is 11.9 Å². The zero-order valence-electron chi connectivity index (χ0n) is 8.62. The molecular weight excluding hydrogens is 184 g/mol. The first-order valence-corrected chi connectivity index (χ1v) is 4.88. The Bertz CT molecular complexity index is 309. The molecule has 0 aliphatic carbocycles. The van der Waals surface area contributed by atoms with Crippen molar-refractivity contribution in [3.63, 3.8) is 0 Å². The van der Waals surface area contributed by atoms with Crippen molar-refractivity contribution in [1.29, 1.82) is 0 Å². The number of hydrogen-bond donors (Lipinski definition) is 0. The fourth-order valence-corrected chi connectivity index (χ4v) is 2.14. The summed E-state index contributed by atoms with van der Waals surface area (Å²) in [5, 5.41) is 0. The summed E-state index contributed by atoms with van der Waals surface area (Å²) in [6.45, 7) is 5.50. The first kappa shape index (κ1) is 9.65. The zero-order valence-corrected chi connectivity index (χ0v) is 8.62. The van der Waals surface area contributed by atoms with Gasteiger partial charge in [-0.3, -0.25) is 0 Å². The van der Waals surface area contributed by atoms with Crippen molar-refractivity contribution in [2.24, 2.45) is 5.92 Å². The maximum absolute atomic E-state index is 11.6. The number of carbonyl (C=O) groups is 2. The van der Waals surface area contributed by atoms with Gasteiger partial charge >= 0.3 is 11.9 Å². The molecule has 78 valence electrons. The van der Waals surface area contributed by atoms with E-state index in [2.05, 4.69) is 0 Å². The Morgan fingerprint density at radius 3 is 2.43 bits per heavy atom. The summed E-state index contributed by atoms with van der Waals surface area (Å²) in [6, 6.07) is 0. The van der Waals surface area contributed by atoms with Gasteiger partial charge in [0.25, 0.3) is 0 Å². The van der Waals surface area contributed by atoms with Crippen molar-refractivity contribution in [3.05, 3.63) is 0 Å². The average Bonchev–Trinajstić information content (AvgIpc) is 2.41. The second-order valence-electron chi connectivity index (χ2n) is 4.55. The standard InChI is InChI=1S/C10H14O4/c1-6(2)10-5-4-9(3,14-10)7(11)13-8(10)12/h6H,4-5H2,1-3H3/t9-,10+/m0/s1. The zero-order chi connectivity index (χ0) is 10.6. The number of esters is 2. The summed E-state index contributed by atoms with van der Waals surface area (Å²) in [7, 11) is 0. The fraction of sp³-hybridized carbons (Fsp3) is 0.800. The Hall–Kier alpha value is -0.900. The molecular formula is C10H14O4. The number of ether oxygens (including phenoxy) is 2. The molecule has 0 radical (unpaired) electrons. The van der Waals surface area contributed by atoms with Gasteiger partial charge in [-0.1, -0.05) is 13.8 Å². The van der Waals surface area contributed by atoms with Crippen LogP contribution in [0, 0.1) is 5.92 Å². The number of cyclic esters (lactones) is 2. The van der Waals surface area contributed by atoms with Crippen LogP contribution in [0.25, 0.3) is 0 Å². The van der Waals surface area contributed by atoms with Crippen molar-refractivity contribution in [3.8, 4) is 0 Å². The van der Waals surface area contributed by atoms with Crippen LogP contribution in [-0.2, 0) is 19.1 Å². The number of rotatable bonds is 1. The monoisotopic (exact) mass is 198 g/mol. The molecule has 0 aromatic carbocycles. The van der Waals surface area contributed by atoms with Crippen LogP contribution in [0.4, 0.5) is 0 Å². The second-order valence-corrected chi connectivity index (χ2v) is 4.55. The molecule has 0 aromatic rings. The van der Waals surface area contributed by atoms with Gasteiger partial charge in [-0.15, -0.1) is 0 Å². The molecule has 0 spiro atoms. The molecule has 0 aromatic heterocycles. The van der Waals surface area contributed by atoms with E-state index < -0.39 is 23.1 Å². The van der Waals surface area contributed by atoms with Crippen LogP contribution < -0.4 is 0 Å². The molecule has 2 saturated heterocycles. The van der Waals surface area contributed by atoms with Crippen LogP contribution in [-0.4, -0.2) is 23.1 Å². The molecule has 0 N–H and O–H groups in total. The molecule has 2 aliphatic heterocycles. The minimum Gasteiger partial charge on any atom is -0.389 e. The Balaban J connectivity index is 2.40. The Labute approximate surface area is 82.6 Å². The highest BCUT2D eigenvalue weighted by Gasteiger charge is 2.62. The molecule has 2 rings (SSSR count). The first-order valence-electron chi connectivity index (χ1n) is 4.88. The van der Waals surface area contributed by atoms with E-state index in [1.165, 1.54) is 0 Å². The molecule has 2 fully saturated rings. The smallest absolute Gasteiger partial charge is 0.346 e. The third-order valence-corrected chi connectivity index (χ3v) is 3.28. The molecule has 2 aliphatic rings. The fourth-order valence-electron chi connectivity index (χ4n) is 2.14. The highest BCUT2D eigenvalue weighted by Crippen LogP contribution is 2.46. The van der Waals surface area contributed by atoms with Crippen LogP contribution >= 0.6 is 0 Å². The van der Waals surface area contributed by atoms with E-state index in [0.29, 0.717) is 12.8 Å². The van der Waals surface area contributed by atoms with Crippen LogP contribution in [0.2, 0.25) is 0 Å². The Morgan fingerprint density at radius 1 is 1.21 bits per heavy atom. The van der Waals surface area contributed by atoms with E-state index in [1.807, 2.05) is 13.8 Å². The van der Waals surface area contributed by atoms with Gasteiger partial charge in [0, 0.05) is 0 Å².